The minimum atomic E-state index is -3.72. The van der Waals surface area contributed by atoms with Crippen molar-refractivity contribution in [1.82, 2.24) is 5.48 Å². The van der Waals surface area contributed by atoms with Crippen LogP contribution in [-0.4, -0.2) is 20.5 Å². The van der Waals surface area contributed by atoms with Crippen LogP contribution in [0.3, 0.4) is 0 Å². The van der Waals surface area contributed by atoms with Crippen LogP contribution in [0, 0.1) is 0 Å². The molecule has 0 aromatic carbocycles. The second-order valence-corrected chi connectivity index (χ2v) is 4.06. The van der Waals surface area contributed by atoms with Crippen molar-refractivity contribution >= 4 is 16.4 Å². The fourth-order valence-electron chi connectivity index (χ4n) is 0.472. The summed E-state index contributed by atoms with van der Waals surface area (Å²) in [6.45, 7) is 8.12. The van der Waals surface area contributed by atoms with Crippen LogP contribution in [0.4, 0.5) is 0 Å². The minimum Gasteiger partial charge on any atom is -1.00 e. The van der Waals surface area contributed by atoms with Gasteiger partial charge in [0.25, 0.3) is 10.1 Å². The Bertz CT molecular complexity index is 328. The van der Waals surface area contributed by atoms with Crippen LogP contribution in [0.5, 0.6) is 0 Å². The van der Waals surface area contributed by atoms with E-state index in [0.717, 1.165) is 0 Å². The molecule has 0 spiro atoms. The molecule has 0 fully saturated rings. The number of aldehydes is 1. The van der Waals surface area contributed by atoms with E-state index in [-0.39, 0.29) is 42.4 Å². The summed E-state index contributed by atoms with van der Waals surface area (Å²) in [6, 6.07) is 0. The molecule has 7 heteroatoms. The number of hydrogen-bond donors (Lipinski definition) is 1. The van der Waals surface area contributed by atoms with E-state index < -0.39 is 10.1 Å². The molecule has 0 aromatic rings. The van der Waals surface area contributed by atoms with Gasteiger partial charge in [0, 0.05) is 0 Å². The maximum atomic E-state index is 11.0. The van der Waals surface area contributed by atoms with Gasteiger partial charge in [0.1, 0.15) is 0 Å². The Balaban J connectivity index is -0.000000720. The number of carbonyl (C=O) groups excluding carboxylic acids is 1. The van der Waals surface area contributed by atoms with Gasteiger partial charge < -0.3 is 1.43 Å². The maximum absolute atomic E-state index is 11.0. The monoisotopic (exact) mass is 229 g/mol. The molecule has 0 amide bonds. The van der Waals surface area contributed by atoms with Gasteiger partial charge in [0.05, 0.1) is 11.4 Å². The van der Waals surface area contributed by atoms with Gasteiger partial charge in [0.2, 0.25) is 0 Å². The molecule has 0 saturated carbocycles. The summed E-state index contributed by atoms with van der Waals surface area (Å²) in [5.74, 6) is -0.299. The Labute approximate surface area is 107 Å². The standard InChI is InChI=1S/C7H11NO4S.Na.H/c1-6(2)5-13(10,11)12-8-7(3)4-9;;/h4,8H,1,3,5H2,2H3;;/q;+1;-1. The van der Waals surface area contributed by atoms with Gasteiger partial charge >= 0.3 is 29.6 Å². The smallest absolute Gasteiger partial charge is 1.00 e. The predicted molar refractivity (Wildman–Crippen MR) is 49.1 cm³/mol. The molecule has 0 heterocycles. The van der Waals surface area contributed by atoms with E-state index in [0.29, 0.717) is 11.9 Å². The van der Waals surface area contributed by atoms with Crippen LogP contribution in [-0.2, 0) is 19.2 Å². The second kappa shape index (κ2) is 7.19. The Morgan fingerprint density at radius 3 is 2.43 bits per heavy atom. The summed E-state index contributed by atoms with van der Waals surface area (Å²) in [5, 5.41) is 0. The zero-order valence-corrected chi connectivity index (χ0v) is 11.1. The molecule has 14 heavy (non-hydrogen) atoms. The second-order valence-electron chi connectivity index (χ2n) is 2.49. The first kappa shape index (κ1) is 16.3. The fourth-order valence-corrected chi connectivity index (χ4v) is 1.37. The summed E-state index contributed by atoms with van der Waals surface area (Å²) < 4.78 is 26.1. The van der Waals surface area contributed by atoms with Crippen LogP contribution in [0.25, 0.3) is 0 Å². The Morgan fingerprint density at radius 1 is 1.57 bits per heavy atom. The van der Waals surface area contributed by atoms with Crippen LogP contribution < -0.4 is 35.0 Å². The Hall–Kier alpha value is -0.140. The van der Waals surface area contributed by atoms with Gasteiger partial charge in [-0.25, -0.2) is 5.48 Å². The topological polar surface area (TPSA) is 72.5 Å². The molecule has 0 atom stereocenters. The summed E-state index contributed by atoms with van der Waals surface area (Å²) in [5.41, 5.74) is 2.17. The van der Waals surface area contributed by atoms with Crippen LogP contribution >= 0.6 is 0 Å². The summed E-state index contributed by atoms with van der Waals surface area (Å²) in [4.78, 5) is 9.99. The number of hydroxylamine groups is 1. The SMILES string of the molecule is C=C(C)CS(=O)(=O)ONC(=C)C=O.[H-].[Na+]. The van der Waals surface area contributed by atoms with Crippen molar-refractivity contribution in [3.63, 3.8) is 0 Å². The third kappa shape index (κ3) is 8.46. The molecular formula is C7H12NNaO4S. The first-order valence-corrected chi connectivity index (χ1v) is 4.91. The van der Waals surface area contributed by atoms with Crippen molar-refractivity contribution < 1.29 is 48.5 Å². The van der Waals surface area contributed by atoms with Crippen molar-refractivity contribution in [3.05, 3.63) is 24.4 Å². The quantitative estimate of drug-likeness (QED) is 0.176. The van der Waals surface area contributed by atoms with E-state index in [4.69, 9.17) is 0 Å². The third-order valence-electron chi connectivity index (χ3n) is 0.865. The average molecular weight is 229 g/mol. The first-order valence-electron chi connectivity index (χ1n) is 3.33. The van der Waals surface area contributed by atoms with E-state index in [1.54, 1.807) is 6.92 Å². The number of hydrogen-bond acceptors (Lipinski definition) is 5. The van der Waals surface area contributed by atoms with E-state index in [9.17, 15) is 13.2 Å². The van der Waals surface area contributed by atoms with E-state index in [1.807, 2.05) is 5.48 Å². The third-order valence-corrected chi connectivity index (χ3v) is 2.05. The first-order chi connectivity index (χ1) is 5.87. The van der Waals surface area contributed by atoms with Crippen molar-refractivity contribution in [2.75, 3.05) is 5.75 Å². The molecule has 0 rings (SSSR count). The Kier molecular flexibility index (Phi) is 8.37. The van der Waals surface area contributed by atoms with Gasteiger partial charge in [-0.2, -0.15) is 12.7 Å². The van der Waals surface area contributed by atoms with Gasteiger partial charge in [0.15, 0.2) is 6.29 Å². The van der Waals surface area contributed by atoms with Gasteiger partial charge in [-0.15, -0.1) is 0 Å². The molecule has 0 bridgehead atoms. The average Bonchev–Trinajstić information content (AvgIpc) is 1.98. The molecule has 5 nitrogen and oxygen atoms in total. The van der Waals surface area contributed by atoms with Gasteiger partial charge in [-0.05, 0) is 6.92 Å². The van der Waals surface area contributed by atoms with Gasteiger partial charge in [-0.1, -0.05) is 18.7 Å². The molecule has 1 N–H and O–H groups in total. The zero-order chi connectivity index (χ0) is 10.5. The number of rotatable bonds is 6. The van der Waals surface area contributed by atoms with Crippen molar-refractivity contribution in [2.45, 2.75) is 6.92 Å². The largest absolute Gasteiger partial charge is 1.00 e. The predicted octanol–water partition coefficient (Wildman–Crippen LogP) is -2.76. The number of nitrogens with one attached hydrogen (secondary N) is 1. The Morgan fingerprint density at radius 2 is 2.07 bits per heavy atom. The molecule has 0 aromatic heterocycles. The number of allylic oxidation sites excluding steroid dienone is 1. The molecular weight excluding hydrogens is 217 g/mol. The molecule has 0 aliphatic heterocycles. The summed E-state index contributed by atoms with van der Waals surface area (Å²) in [6.07, 6.45) is 0.344. The van der Waals surface area contributed by atoms with Crippen molar-refractivity contribution in [2.24, 2.45) is 0 Å². The van der Waals surface area contributed by atoms with Crippen LogP contribution in [0.2, 0.25) is 0 Å². The van der Waals surface area contributed by atoms with E-state index in [2.05, 4.69) is 17.4 Å². The van der Waals surface area contributed by atoms with Crippen LogP contribution in [0.15, 0.2) is 24.4 Å². The fraction of sp³-hybridized carbons (Fsp3) is 0.286. The van der Waals surface area contributed by atoms with E-state index >= 15 is 0 Å². The molecule has 0 unspecified atom stereocenters. The summed E-state index contributed by atoms with van der Waals surface area (Å²) >= 11 is 0. The van der Waals surface area contributed by atoms with Crippen molar-refractivity contribution in [3.8, 4) is 0 Å². The van der Waals surface area contributed by atoms with E-state index in [1.165, 1.54) is 0 Å². The molecule has 0 radical (unpaired) electrons. The zero-order valence-electron chi connectivity index (χ0n) is 9.24. The van der Waals surface area contributed by atoms with Crippen LogP contribution in [0.1, 0.15) is 8.35 Å². The minimum absolute atomic E-state index is 0. The molecule has 76 valence electrons. The van der Waals surface area contributed by atoms with Crippen molar-refractivity contribution in [1.29, 1.82) is 0 Å². The molecule has 0 aliphatic carbocycles. The molecule has 0 aliphatic rings. The van der Waals surface area contributed by atoms with Gasteiger partial charge in [-0.3, -0.25) is 4.79 Å². The maximum Gasteiger partial charge on any atom is 1.00 e. The molecule has 0 saturated heterocycles. The number of carbonyl (C=O) groups is 1. The normalized spacial score (nSPS) is 9.79. The summed E-state index contributed by atoms with van der Waals surface area (Å²) in [7, 11) is -3.72.